The molecule has 0 radical (unpaired) electrons. The Morgan fingerprint density at radius 1 is 1.12 bits per heavy atom. The second kappa shape index (κ2) is 10.9. The fourth-order valence-corrected chi connectivity index (χ4v) is 2.50. The molecule has 24 heavy (non-hydrogen) atoms. The first-order valence-corrected chi connectivity index (χ1v) is 7.98. The summed E-state index contributed by atoms with van der Waals surface area (Å²) in [6, 6.07) is 6.57. The van der Waals surface area contributed by atoms with Gasteiger partial charge in [-0.15, -0.1) is 12.4 Å². The Kier molecular flexibility index (Phi) is 9.14. The molecule has 0 aromatic heterocycles. The highest BCUT2D eigenvalue weighted by Gasteiger charge is 2.09. The average molecular weight is 356 g/mol. The maximum absolute atomic E-state index is 12.0. The molecular formula is C16H26ClN5O2. The fourth-order valence-electron chi connectivity index (χ4n) is 2.50. The first-order chi connectivity index (χ1) is 11.1. The van der Waals surface area contributed by atoms with E-state index < -0.39 is 6.03 Å². The summed E-state index contributed by atoms with van der Waals surface area (Å²) in [5.41, 5.74) is 6.54. The normalized spacial score (nSPS) is 14.5. The predicted octanol–water partition coefficient (Wildman–Crippen LogP) is 0.302. The minimum Gasteiger partial charge on any atom is -0.352 e. The number of carbonyl (C=O) groups is 2. The van der Waals surface area contributed by atoms with Crippen molar-refractivity contribution in [2.75, 3.05) is 39.3 Å². The van der Waals surface area contributed by atoms with Gasteiger partial charge in [0.2, 0.25) is 0 Å². The lowest BCUT2D eigenvalue weighted by molar-refractivity contribution is 0.0951. The van der Waals surface area contributed by atoms with Crippen molar-refractivity contribution >= 4 is 24.3 Å². The van der Waals surface area contributed by atoms with Crippen LogP contribution in [0.15, 0.2) is 24.3 Å². The maximum atomic E-state index is 12.0. The molecule has 7 nitrogen and oxygen atoms in total. The van der Waals surface area contributed by atoms with Gasteiger partial charge in [-0.25, -0.2) is 4.79 Å². The molecule has 1 aliphatic heterocycles. The van der Waals surface area contributed by atoms with Crippen molar-refractivity contribution in [3.05, 3.63) is 35.4 Å². The smallest absolute Gasteiger partial charge is 0.312 e. The molecule has 0 atom stereocenters. The number of primary amides is 1. The van der Waals surface area contributed by atoms with Crippen LogP contribution in [0.2, 0.25) is 0 Å². The van der Waals surface area contributed by atoms with Crippen LogP contribution in [0.3, 0.4) is 0 Å². The second-order valence-electron chi connectivity index (χ2n) is 5.62. The van der Waals surface area contributed by atoms with Gasteiger partial charge in [0.05, 0.1) is 0 Å². The van der Waals surface area contributed by atoms with Crippen LogP contribution in [0.4, 0.5) is 4.79 Å². The highest BCUT2D eigenvalue weighted by atomic mass is 35.5. The van der Waals surface area contributed by atoms with Gasteiger partial charge >= 0.3 is 6.03 Å². The molecule has 0 aliphatic carbocycles. The molecule has 0 bridgehead atoms. The van der Waals surface area contributed by atoms with Gasteiger partial charge in [0, 0.05) is 44.8 Å². The standard InChI is InChI=1S/C16H25N5O2.ClH/c17-16(23)20-12-13-2-4-14(5-3-13)15(22)19-6-1-9-21-10-7-18-8-11-21;/h2-5,18H,1,6-12H2,(H,19,22)(H3,17,20,23);1H. The Morgan fingerprint density at radius 3 is 2.42 bits per heavy atom. The zero-order valence-corrected chi connectivity index (χ0v) is 14.5. The first-order valence-electron chi connectivity index (χ1n) is 7.98. The highest BCUT2D eigenvalue weighted by molar-refractivity contribution is 5.94. The molecular weight excluding hydrogens is 330 g/mol. The Morgan fingerprint density at radius 2 is 1.79 bits per heavy atom. The zero-order chi connectivity index (χ0) is 16.5. The van der Waals surface area contributed by atoms with E-state index in [1.54, 1.807) is 12.1 Å². The molecule has 1 aromatic carbocycles. The van der Waals surface area contributed by atoms with E-state index in [1.807, 2.05) is 12.1 Å². The molecule has 1 aliphatic rings. The van der Waals surface area contributed by atoms with Crippen molar-refractivity contribution in [2.24, 2.45) is 5.73 Å². The monoisotopic (exact) mass is 355 g/mol. The summed E-state index contributed by atoms with van der Waals surface area (Å²) < 4.78 is 0. The van der Waals surface area contributed by atoms with Gasteiger partial charge in [-0.05, 0) is 30.7 Å². The molecule has 0 spiro atoms. The molecule has 1 aromatic rings. The number of piperazine rings is 1. The fraction of sp³-hybridized carbons (Fsp3) is 0.500. The molecule has 3 amide bonds. The Bertz CT molecular complexity index is 518. The van der Waals surface area contributed by atoms with E-state index in [1.165, 1.54) is 0 Å². The van der Waals surface area contributed by atoms with Gasteiger partial charge in [0.15, 0.2) is 0 Å². The number of nitrogens with one attached hydrogen (secondary N) is 3. The van der Waals surface area contributed by atoms with Crippen LogP contribution < -0.4 is 21.7 Å². The van der Waals surface area contributed by atoms with Gasteiger partial charge in [0.25, 0.3) is 5.91 Å². The molecule has 5 N–H and O–H groups in total. The maximum Gasteiger partial charge on any atom is 0.312 e. The molecule has 2 rings (SSSR count). The number of carbonyl (C=O) groups excluding carboxylic acids is 2. The summed E-state index contributed by atoms with van der Waals surface area (Å²) >= 11 is 0. The van der Waals surface area contributed by atoms with Crippen LogP contribution >= 0.6 is 12.4 Å². The van der Waals surface area contributed by atoms with Gasteiger partial charge in [-0.3, -0.25) is 4.79 Å². The molecule has 8 heteroatoms. The van der Waals surface area contributed by atoms with Crippen LogP contribution in [-0.4, -0.2) is 56.1 Å². The lowest BCUT2D eigenvalue weighted by Crippen LogP contribution is -2.44. The largest absolute Gasteiger partial charge is 0.352 e. The molecule has 1 saturated heterocycles. The highest BCUT2D eigenvalue weighted by Crippen LogP contribution is 2.04. The van der Waals surface area contributed by atoms with Crippen molar-refractivity contribution < 1.29 is 9.59 Å². The van der Waals surface area contributed by atoms with Gasteiger partial charge in [-0.1, -0.05) is 12.1 Å². The minimum atomic E-state index is -0.559. The minimum absolute atomic E-state index is 0. The van der Waals surface area contributed by atoms with Crippen molar-refractivity contribution in [3.63, 3.8) is 0 Å². The van der Waals surface area contributed by atoms with Crippen molar-refractivity contribution in [1.29, 1.82) is 0 Å². The van der Waals surface area contributed by atoms with Gasteiger partial charge in [-0.2, -0.15) is 0 Å². The quantitative estimate of drug-likeness (QED) is 0.529. The molecule has 134 valence electrons. The van der Waals surface area contributed by atoms with Crippen molar-refractivity contribution in [1.82, 2.24) is 20.9 Å². The second-order valence-corrected chi connectivity index (χ2v) is 5.62. The summed E-state index contributed by atoms with van der Waals surface area (Å²) in [6.45, 7) is 6.30. The van der Waals surface area contributed by atoms with E-state index in [2.05, 4.69) is 20.9 Å². The first kappa shape index (κ1) is 20.2. The molecule has 0 saturated carbocycles. The molecule has 0 unspecified atom stereocenters. The lowest BCUT2D eigenvalue weighted by Gasteiger charge is -2.27. The number of hydrogen-bond acceptors (Lipinski definition) is 4. The average Bonchev–Trinajstić information content (AvgIpc) is 2.58. The number of nitrogens with zero attached hydrogens (tertiary/aromatic N) is 1. The van der Waals surface area contributed by atoms with Crippen LogP contribution in [0.1, 0.15) is 22.3 Å². The summed E-state index contributed by atoms with van der Waals surface area (Å²) in [7, 11) is 0. The zero-order valence-electron chi connectivity index (χ0n) is 13.7. The van der Waals surface area contributed by atoms with Crippen LogP contribution in [0.5, 0.6) is 0 Å². The van der Waals surface area contributed by atoms with Crippen molar-refractivity contribution in [3.8, 4) is 0 Å². The Hall–Kier alpha value is -1.83. The van der Waals surface area contributed by atoms with Crippen LogP contribution in [0.25, 0.3) is 0 Å². The Balaban J connectivity index is 0.00000288. The third-order valence-corrected chi connectivity index (χ3v) is 3.83. The topological polar surface area (TPSA) is 99.5 Å². The predicted molar refractivity (Wildman–Crippen MR) is 96.4 cm³/mol. The van der Waals surface area contributed by atoms with E-state index in [4.69, 9.17) is 5.73 Å². The van der Waals surface area contributed by atoms with E-state index in [0.717, 1.165) is 44.7 Å². The number of hydrogen-bond donors (Lipinski definition) is 4. The van der Waals surface area contributed by atoms with Crippen LogP contribution in [-0.2, 0) is 6.54 Å². The molecule has 1 heterocycles. The van der Waals surface area contributed by atoms with Crippen molar-refractivity contribution in [2.45, 2.75) is 13.0 Å². The third-order valence-electron chi connectivity index (χ3n) is 3.83. The lowest BCUT2D eigenvalue weighted by atomic mass is 10.1. The van der Waals surface area contributed by atoms with Gasteiger partial charge < -0.3 is 26.6 Å². The number of urea groups is 1. The number of amides is 3. The van der Waals surface area contributed by atoms with Gasteiger partial charge in [0.1, 0.15) is 0 Å². The van der Waals surface area contributed by atoms with E-state index >= 15 is 0 Å². The van der Waals surface area contributed by atoms with E-state index in [0.29, 0.717) is 18.7 Å². The summed E-state index contributed by atoms with van der Waals surface area (Å²) in [4.78, 5) is 25.1. The number of benzene rings is 1. The van der Waals surface area contributed by atoms with Crippen LogP contribution in [0, 0.1) is 0 Å². The van der Waals surface area contributed by atoms with E-state index in [-0.39, 0.29) is 18.3 Å². The molecule has 1 fully saturated rings. The third kappa shape index (κ3) is 7.16. The summed E-state index contributed by atoms with van der Waals surface area (Å²) in [5, 5.41) is 8.77. The Labute approximate surface area is 148 Å². The SMILES string of the molecule is Cl.NC(=O)NCc1ccc(C(=O)NCCCN2CCNCC2)cc1. The summed E-state index contributed by atoms with van der Waals surface area (Å²) in [5.74, 6) is -0.0697. The van der Waals surface area contributed by atoms with E-state index in [9.17, 15) is 9.59 Å². The summed E-state index contributed by atoms with van der Waals surface area (Å²) in [6.07, 6.45) is 0.951. The number of halogens is 1. The number of nitrogens with two attached hydrogens (primary N) is 1. The number of rotatable bonds is 7.